The monoisotopic (exact) mass is 271 g/mol. The van der Waals surface area contributed by atoms with Crippen LogP contribution in [0.2, 0.25) is 0 Å². The zero-order valence-electron chi connectivity index (χ0n) is 11.6. The molecule has 0 bridgehead atoms. The highest BCUT2D eigenvalue weighted by Gasteiger charge is 2.24. The van der Waals surface area contributed by atoms with Gasteiger partial charge < -0.3 is 11.1 Å². The molecule has 1 aromatic carbocycles. The first kappa shape index (κ1) is 13.1. The highest BCUT2D eigenvalue weighted by atomic mass is 15.4. The molecule has 1 aromatic heterocycles. The molecule has 3 rings (SSSR count). The largest absolute Gasteiger partial charge is 0.380 e. The minimum absolute atomic E-state index is 0.457. The smallest absolute Gasteiger partial charge is 0.0894 e. The fraction of sp³-hybridized carbons (Fsp3) is 0.467. The lowest BCUT2D eigenvalue weighted by atomic mass is 9.84. The van der Waals surface area contributed by atoms with Gasteiger partial charge in [0.2, 0.25) is 0 Å². The van der Waals surface area contributed by atoms with E-state index in [0.717, 1.165) is 17.9 Å². The standard InChI is InChI=1S/C15H21N5/c16-11-12-5-1-2-6-13(12)18-14-7-3-4-8-15(14)20-10-9-17-19-20/h3-4,7-10,12-13,18H,1-2,5-6,11,16H2. The summed E-state index contributed by atoms with van der Waals surface area (Å²) in [7, 11) is 0. The number of rotatable bonds is 4. The van der Waals surface area contributed by atoms with Crippen molar-refractivity contribution < 1.29 is 0 Å². The van der Waals surface area contributed by atoms with Gasteiger partial charge in [0, 0.05) is 6.04 Å². The summed E-state index contributed by atoms with van der Waals surface area (Å²) in [5, 5.41) is 11.6. The van der Waals surface area contributed by atoms with Crippen LogP contribution in [0.15, 0.2) is 36.7 Å². The van der Waals surface area contributed by atoms with E-state index in [1.165, 1.54) is 25.7 Å². The highest BCUT2D eigenvalue weighted by Crippen LogP contribution is 2.28. The van der Waals surface area contributed by atoms with Gasteiger partial charge in [0.25, 0.3) is 0 Å². The lowest BCUT2D eigenvalue weighted by Crippen LogP contribution is -2.37. The van der Waals surface area contributed by atoms with Crippen LogP contribution in [0, 0.1) is 5.92 Å². The number of benzene rings is 1. The molecule has 0 spiro atoms. The molecule has 20 heavy (non-hydrogen) atoms. The molecule has 2 aromatic rings. The van der Waals surface area contributed by atoms with Crippen molar-refractivity contribution in [3.8, 4) is 5.69 Å². The van der Waals surface area contributed by atoms with Crippen LogP contribution in [0.3, 0.4) is 0 Å². The Morgan fingerprint density at radius 1 is 1.25 bits per heavy atom. The Balaban J connectivity index is 1.83. The summed E-state index contributed by atoms with van der Waals surface area (Å²) in [6, 6.07) is 8.67. The van der Waals surface area contributed by atoms with Crippen LogP contribution < -0.4 is 11.1 Å². The molecule has 1 fully saturated rings. The third-order valence-electron chi connectivity index (χ3n) is 4.13. The fourth-order valence-electron chi connectivity index (χ4n) is 3.01. The van der Waals surface area contributed by atoms with Gasteiger partial charge in [0.1, 0.15) is 0 Å². The van der Waals surface area contributed by atoms with Crippen molar-refractivity contribution in [2.75, 3.05) is 11.9 Å². The van der Waals surface area contributed by atoms with Crippen molar-refractivity contribution in [1.82, 2.24) is 15.0 Å². The molecule has 1 saturated carbocycles. The van der Waals surface area contributed by atoms with Gasteiger partial charge in [-0.25, -0.2) is 4.68 Å². The Bertz CT molecular complexity index is 537. The molecule has 3 N–H and O–H groups in total. The third-order valence-corrected chi connectivity index (χ3v) is 4.13. The Hall–Kier alpha value is -1.88. The van der Waals surface area contributed by atoms with Crippen LogP contribution in [0.5, 0.6) is 0 Å². The lowest BCUT2D eigenvalue weighted by Gasteiger charge is -2.32. The molecule has 5 heteroatoms. The molecule has 0 saturated heterocycles. The van der Waals surface area contributed by atoms with E-state index in [1.54, 1.807) is 10.9 Å². The van der Waals surface area contributed by atoms with E-state index in [4.69, 9.17) is 5.73 Å². The molecule has 0 radical (unpaired) electrons. The number of nitrogens with one attached hydrogen (secondary N) is 1. The van der Waals surface area contributed by atoms with E-state index in [2.05, 4.69) is 27.8 Å². The lowest BCUT2D eigenvalue weighted by molar-refractivity contribution is 0.332. The summed E-state index contributed by atoms with van der Waals surface area (Å²) in [5.41, 5.74) is 8.05. The summed E-state index contributed by atoms with van der Waals surface area (Å²) in [4.78, 5) is 0. The molecule has 2 unspecified atom stereocenters. The van der Waals surface area contributed by atoms with Crippen molar-refractivity contribution in [2.45, 2.75) is 31.7 Å². The van der Waals surface area contributed by atoms with Gasteiger partial charge in [0.15, 0.2) is 0 Å². The van der Waals surface area contributed by atoms with Crippen LogP contribution in [0.4, 0.5) is 5.69 Å². The van der Waals surface area contributed by atoms with Crippen LogP contribution in [-0.2, 0) is 0 Å². The van der Waals surface area contributed by atoms with Crippen LogP contribution in [0.1, 0.15) is 25.7 Å². The summed E-state index contributed by atoms with van der Waals surface area (Å²) in [6.07, 6.45) is 8.54. The maximum atomic E-state index is 5.91. The van der Waals surface area contributed by atoms with Crippen LogP contribution >= 0.6 is 0 Å². The fourth-order valence-corrected chi connectivity index (χ4v) is 3.01. The van der Waals surface area contributed by atoms with E-state index in [0.29, 0.717) is 12.0 Å². The minimum atomic E-state index is 0.457. The molecule has 0 amide bonds. The van der Waals surface area contributed by atoms with Crippen molar-refractivity contribution in [1.29, 1.82) is 0 Å². The summed E-state index contributed by atoms with van der Waals surface area (Å²) >= 11 is 0. The van der Waals surface area contributed by atoms with Crippen molar-refractivity contribution >= 4 is 5.69 Å². The van der Waals surface area contributed by atoms with E-state index >= 15 is 0 Å². The van der Waals surface area contributed by atoms with Crippen LogP contribution in [-0.4, -0.2) is 27.6 Å². The molecular weight excluding hydrogens is 250 g/mol. The number of nitrogens with zero attached hydrogens (tertiary/aromatic N) is 3. The predicted molar refractivity (Wildman–Crippen MR) is 79.8 cm³/mol. The Kier molecular flexibility index (Phi) is 3.97. The number of aromatic nitrogens is 3. The molecule has 5 nitrogen and oxygen atoms in total. The van der Waals surface area contributed by atoms with E-state index in [1.807, 2.05) is 18.3 Å². The quantitative estimate of drug-likeness (QED) is 0.894. The molecule has 1 aliphatic carbocycles. The molecule has 106 valence electrons. The minimum Gasteiger partial charge on any atom is -0.380 e. The highest BCUT2D eigenvalue weighted by molar-refractivity contribution is 5.61. The molecular formula is C15H21N5. The van der Waals surface area contributed by atoms with Gasteiger partial charge in [-0.3, -0.25) is 0 Å². The zero-order valence-corrected chi connectivity index (χ0v) is 11.6. The van der Waals surface area contributed by atoms with Crippen molar-refractivity contribution in [2.24, 2.45) is 11.7 Å². The zero-order chi connectivity index (χ0) is 13.8. The Labute approximate surface area is 119 Å². The SMILES string of the molecule is NCC1CCCCC1Nc1ccccc1-n1ccnn1. The molecule has 1 aliphatic rings. The first-order chi connectivity index (χ1) is 9.88. The van der Waals surface area contributed by atoms with E-state index in [-0.39, 0.29) is 0 Å². The second-order valence-electron chi connectivity index (χ2n) is 5.40. The Morgan fingerprint density at radius 3 is 2.90 bits per heavy atom. The van der Waals surface area contributed by atoms with Crippen molar-refractivity contribution in [3.05, 3.63) is 36.7 Å². The van der Waals surface area contributed by atoms with Gasteiger partial charge in [-0.1, -0.05) is 30.2 Å². The second kappa shape index (κ2) is 6.05. The Morgan fingerprint density at radius 2 is 2.10 bits per heavy atom. The molecule has 2 atom stereocenters. The van der Waals surface area contributed by atoms with Gasteiger partial charge >= 0.3 is 0 Å². The summed E-state index contributed by atoms with van der Waals surface area (Å²) in [6.45, 7) is 0.753. The average Bonchev–Trinajstić information content (AvgIpc) is 3.02. The average molecular weight is 271 g/mol. The van der Waals surface area contributed by atoms with Gasteiger partial charge in [-0.05, 0) is 37.4 Å². The molecule has 1 heterocycles. The maximum Gasteiger partial charge on any atom is 0.0894 e. The molecule has 0 aliphatic heterocycles. The predicted octanol–water partition coefficient (Wildman–Crippen LogP) is 2.20. The van der Waals surface area contributed by atoms with E-state index in [9.17, 15) is 0 Å². The number of hydrogen-bond acceptors (Lipinski definition) is 4. The van der Waals surface area contributed by atoms with Crippen LogP contribution in [0.25, 0.3) is 5.69 Å². The second-order valence-corrected chi connectivity index (χ2v) is 5.40. The summed E-state index contributed by atoms with van der Waals surface area (Å²) < 4.78 is 1.79. The number of anilines is 1. The number of nitrogens with two attached hydrogens (primary N) is 1. The first-order valence-corrected chi connectivity index (χ1v) is 7.31. The summed E-state index contributed by atoms with van der Waals surface area (Å²) in [5.74, 6) is 0.563. The van der Waals surface area contributed by atoms with Crippen molar-refractivity contribution in [3.63, 3.8) is 0 Å². The maximum absolute atomic E-state index is 5.91. The first-order valence-electron chi connectivity index (χ1n) is 7.31. The van der Waals surface area contributed by atoms with Gasteiger partial charge in [0.05, 0.1) is 23.8 Å². The number of para-hydroxylation sites is 2. The topological polar surface area (TPSA) is 68.8 Å². The van der Waals surface area contributed by atoms with Gasteiger partial charge in [-0.2, -0.15) is 0 Å². The number of hydrogen-bond donors (Lipinski definition) is 2. The van der Waals surface area contributed by atoms with E-state index < -0.39 is 0 Å². The van der Waals surface area contributed by atoms with Gasteiger partial charge in [-0.15, -0.1) is 5.10 Å². The normalized spacial score (nSPS) is 22.6. The third kappa shape index (κ3) is 2.67.